The van der Waals surface area contributed by atoms with E-state index in [1.165, 1.54) is 6.92 Å². The number of benzene rings is 1. The summed E-state index contributed by atoms with van der Waals surface area (Å²) in [6.07, 6.45) is 2.12. The highest BCUT2D eigenvalue weighted by molar-refractivity contribution is 5.95. The van der Waals surface area contributed by atoms with Gasteiger partial charge in [0.25, 0.3) is 0 Å². The fourth-order valence-electron chi connectivity index (χ4n) is 3.22. The molecule has 0 aromatic heterocycles. The molecule has 1 aromatic rings. The zero-order chi connectivity index (χ0) is 20.0. The van der Waals surface area contributed by atoms with E-state index < -0.39 is 0 Å². The second-order valence-corrected chi connectivity index (χ2v) is 7.59. The van der Waals surface area contributed by atoms with Gasteiger partial charge in [-0.15, -0.1) is 0 Å². The second kappa shape index (κ2) is 9.65. The van der Waals surface area contributed by atoms with E-state index in [4.69, 9.17) is 0 Å². The molecule has 1 aromatic carbocycles. The zero-order valence-corrected chi connectivity index (χ0v) is 16.8. The molecule has 0 radical (unpaired) electrons. The number of likely N-dealkylation sites (tertiary alicyclic amines) is 1. The van der Waals surface area contributed by atoms with Gasteiger partial charge < -0.3 is 15.1 Å². The average molecular weight is 373 g/mol. The van der Waals surface area contributed by atoms with Gasteiger partial charge in [0.15, 0.2) is 5.78 Å². The number of hydrogen-bond donors (Lipinski definition) is 1. The molecule has 0 bridgehead atoms. The van der Waals surface area contributed by atoms with E-state index in [9.17, 15) is 14.4 Å². The molecule has 1 aliphatic heterocycles. The first-order valence-electron chi connectivity index (χ1n) is 9.67. The Hall–Kier alpha value is -2.21. The number of anilines is 1. The minimum atomic E-state index is -0.0386. The van der Waals surface area contributed by atoms with Crippen LogP contribution in [0.1, 0.15) is 50.4 Å². The van der Waals surface area contributed by atoms with Crippen molar-refractivity contribution in [3.8, 4) is 0 Å². The molecule has 1 fully saturated rings. The second-order valence-electron chi connectivity index (χ2n) is 7.59. The van der Waals surface area contributed by atoms with Crippen molar-refractivity contribution in [2.24, 2.45) is 5.92 Å². The number of rotatable bonds is 7. The lowest BCUT2D eigenvalue weighted by Crippen LogP contribution is -2.43. The molecule has 27 heavy (non-hydrogen) atoms. The number of hydrogen-bond acceptors (Lipinski definition) is 4. The van der Waals surface area contributed by atoms with Crippen LogP contribution in [0, 0.1) is 5.92 Å². The van der Waals surface area contributed by atoms with Gasteiger partial charge in [-0.3, -0.25) is 14.4 Å². The first kappa shape index (κ1) is 21.1. The average Bonchev–Trinajstić information content (AvgIpc) is 2.66. The predicted octanol–water partition coefficient (Wildman–Crippen LogP) is 2.80. The van der Waals surface area contributed by atoms with Crippen molar-refractivity contribution in [1.29, 1.82) is 0 Å². The summed E-state index contributed by atoms with van der Waals surface area (Å²) in [5, 5.41) is 2.86. The molecule has 1 aliphatic rings. The van der Waals surface area contributed by atoms with Crippen LogP contribution in [-0.4, -0.2) is 60.1 Å². The van der Waals surface area contributed by atoms with Crippen LogP contribution in [0.4, 0.5) is 5.69 Å². The first-order chi connectivity index (χ1) is 12.8. The van der Waals surface area contributed by atoms with Crippen LogP contribution in [0.5, 0.6) is 0 Å². The van der Waals surface area contributed by atoms with Crippen molar-refractivity contribution in [1.82, 2.24) is 9.80 Å². The van der Waals surface area contributed by atoms with Gasteiger partial charge in [0.1, 0.15) is 0 Å². The van der Waals surface area contributed by atoms with Crippen LogP contribution in [0.25, 0.3) is 0 Å². The number of ketones is 1. The Morgan fingerprint density at radius 2 is 1.74 bits per heavy atom. The maximum atomic E-state index is 12.4. The third-order valence-corrected chi connectivity index (χ3v) is 5.29. The summed E-state index contributed by atoms with van der Waals surface area (Å²) in [7, 11) is 1.87. The van der Waals surface area contributed by atoms with Crippen molar-refractivity contribution < 1.29 is 14.4 Å². The van der Waals surface area contributed by atoms with Crippen LogP contribution < -0.4 is 5.32 Å². The predicted molar refractivity (Wildman–Crippen MR) is 107 cm³/mol. The van der Waals surface area contributed by atoms with Crippen molar-refractivity contribution in [2.75, 3.05) is 32.0 Å². The van der Waals surface area contributed by atoms with Crippen LogP contribution in [0.3, 0.4) is 0 Å². The number of carbonyl (C=O) groups is 3. The molecule has 148 valence electrons. The van der Waals surface area contributed by atoms with Crippen LogP contribution >= 0.6 is 0 Å². The summed E-state index contributed by atoms with van der Waals surface area (Å²) in [4.78, 5) is 39.9. The quantitative estimate of drug-likeness (QED) is 0.746. The van der Waals surface area contributed by atoms with E-state index >= 15 is 0 Å². The lowest BCUT2D eigenvalue weighted by atomic mass is 9.95. The van der Waals surface area contributed by atoms with E-state index in [1.807, 2.05) is 25.8 Å². The van der Waals surface area contributed by atoms with Gasteiger partial charge in [-0.25, -0.2) is 0 Å². The lowest BCUT2D eigenvalue weighted by Gasteiger charge is -2.34. The van der Waals surface area contributed by atoms with Crippen molar-refractivity contribution in [2.45, 2.75) is 46.1 Å². The van der Waals surface area contributed by atoms with Gasteiger partial charge in [0, 0.05) is 43.2 Å². The van der Waals surface area contributed by atoms with Crippen molar-refractivity contribution in [3.63, 3.8) is 0 Å². The molecule has 0 spiro atoms. The Morgan fingerprint density at radius 3 is 2.26 bits per heavy atom. The van der Waals surface area contributed by atoms with Gasteiger partial charge >= 0.3 is 0 Å². The normalized spacial score (nSPS) is 15.6. The third kappa shape index (κ3) is 6.17. The molecule has 1 N–H and O–H groups in total. The van der Waals surface area contributed by atoms with Gasteiger partial charge in [-0.1, -0.05) is 0 Å². The number of Topliss-reactive ketones (excluding diaryl/α,β-unsaturated/α-hetero) is 1. The van der Waals surface area contributed by atoms with E-state index in [2.05, 4.69) is 10.2 Å². The molecule has 2 rings (SSSR count). The summed E-state index contributed by atoms with van der Waals surface area (Å²) in [5.74, 6) is 0.302. The van der Waals surface area contributed by atoms with Crippen LogP contribution in [-0.2, 0) is 9.59 Å². The molecule has 0 saturated carbocycles. The molecule has 0 aliphatic carbocycles. The Labute approximate surface area is 161 Å². The summed E-state index contributed by atoms with van der Waals surface area (Å²) in [5.41, 5.74) is 1.33. The monoisotopic (exact) mass is 373 g/mol. The highest BCUT2D eigenvalue weighted by Crippen LogP contribution is 2.20. The standard InChI is InChI=1S/C21H31N3O3/c1-15(2)23(4)21(27)18-9-12-24(13-10-18)14-11-20(26)22-19-7-5-17(6-8-19)16(3)25/h5-8,15,18H,9-14H2,1-4H3,(H,22,26). The van der Waals surface area contributed by atoms with Crippen molar-refractivity contribution in [3.05, 3.63) is 29.8 Å². The summed E-state index contributed by atoms with van der Waals surface area (Å²) < 4.78 is 0. The Balaban J connectivity index is 1.72. The molecule has 6 heteroatoms. The molecular formula is C21H31N3O3. The van der Waals surface area contributed by atoms with Crippen LogP contribution in [0.2, 0.25) is 0 Å². The van der Waals surface area contributed by atoms with E-state index in [-0.39, 0.29) is 29.6 Å². The molecule has 0 unspecified atom stereocenters. The molecular weight excluding hydrogens is 342 g/mol. The minimum absolute atomic E-state index is 0.00866. The lowest BCUT2D eigenvalue weighted by molar-refractivity contribution is -0.137. The zero-order valence-electron chi connectivity index (χ0n) is 16.8. The minimum Gasteiger partial charge on any atom is -0.343 e. The Kier molecular flexibility index (Phi) is 7.54. The smallest absolute Gasteiger partial charge is 0.225 e. The molecule has 1 saturated heterocycles. The fourth-order valence-corrected chi connectivity index (χ4v) is 3.22. The maximum absolute atomic E-state index is 12.4. The highest BCUT2D eigenvalue weighted by Gasteiger charge is 2.28. The molecule has 2 amide bonds. The Bertz CT molecular complexity index is 662. The highest BCUT2D eigenvalue weighted by atomic mass is 16.2. The summed E-state index contributed by atoms with van der Waals surface area (Å²) in [6.45, 7) is 7.97. The van der Waals surface area contributed by atoms with Crippen LogP contribution in [0.15, 0.2) is 24.3 Å². The maximum Gasteiger partial charge on any atom is 0.225 e. The molecule has 1 heterocycles. The third-order valence-electron chi connectivity index (χ3n) is 5.29. The van der Waals surface area contributed by atoms with Gasteiger partial charge in [-0.2, -0.15) is 0 Å². The van der Waals surface area contributed by atoms with E-state index in [1.54, 1.807) is 24.3 Å². The number of carbonyl (C=O) groups excluding carboxylic acids is 3. The number of piperidine rings is 1. The molecule has 0 atom stereocenters. The van der Waals surface area contributed by atoms with E-state index in [0.29, 0.717) is 24.2 Å². The van der Waals surface area contributed by atoms with Gasteiger partial charge in [0.05, 0.1) is 0 Å². The number of nitrogens with zero attached hydrogens (tertiary/aromatic N) is 2. The fraction of sp³-hybridized carbons (Fsp3) is 0.571. The van der Waals surface area contributed by atoms with Crippen molar-refractivity contribution >= 4 is 23.3 Å². The number of amides is 2. The summed E-state index contributed by atoms with van der Waals surface area (Å²) >= 11 is 0. The Morgan fingerprint density at radius 1 is 1.15 bits per heavy atom. The van der Waals surface area contributed by atoms with Gasteiger partial charge in [-0.05, 0) is 71.0 Å². The SMILES string of the molecule is CC(=O)c1ccc(NC(=O)CCN2CCC(C(=O)N(C)C(C)C)CC2)cc1. The van der Waals surface area contributed by atoms with Gasteiger partial charge in [0.2, 0.25) is 11.8 Å². The molecule has 6 nitrogen and oxygen atoms in total. The largest absolute Gasteiger partial charge is 0.343 e. The first-order valence-corrected chi connectivity index (χ1v) is 9.67. The topological polar surface area (TPSA) is 69.7 Å². The van der Waals surface area contributed by atoms with E-state index in [0.717, 1.165) is 25.9 Å². The summed E-state index contributed by atoms with van der Waals surface area (Å²) in [6, 6.07) is 7.15. The number of nitrogens with one attached hydrogen (secondary N) is 1.